The van der Waals surface area contributed by atoms with E-state index in [-0.39, 0.29) is 11.7 Å². The molecule has 1 aromatic rings. The molecule has 0 amide bonds. The third kappa shape index (κ3) is 4.03. The molecule has 20 heavy (non-hydrogen) atoms. The van der Waals surface area contributed by atoms with Crippen molar-refractivity contribution in [2.45, 2.75) is 52.6 Å². The molecular weight excluding hydrogens is 278 g/mol. The van der Waals surface area contributed by atoms with Gasteiger partial charge < -0.3 is 9.47 Å². The predicted octanol–water partition coefficient (Wildman–Crippen LogP) is 2.94. The van der Waals surface area contributed by atoms with E-state index in [2.05, 4.69) is 4.98 Å². The average Bonchev–Trinajstić information content (AvgIpc) is 2.76. The van der Waals surface area contributed by atoms with Gasteiger partial charge in [0.05, 0.1) is 6.61 Å². The average molecular weight is 299 g/mol. The fraction of sp³-hybridized carbons (Fsp3) is 0.643. The van der Waals surface area contributed by atoms with Gasteiger partial charge in [0.1, 0.15) is 16.0 Å². The van der Waals surface area contributed by atoms with Gasteiger partial charge in [-0.25, -0.2) is 9.78 Å². The molecule has 0 N–H and O–H groups in total. The summed E-state index contributed by atoms with van der Waals surface area (Å²) in [5.74, 6) is -0.843. The largest absolute Gasteiger partial charge is 0.461 e. The molecule has 0 atom stereocenters. The smallest absolute Gasteiger partial charge is 0.357 e. The highest BCUT2D eigenvalue weighted by Gasteiger charge is 2.37. The van der Waals surface area contributed by atoms with Crippen LogP contribution in [0.15, 0.2) is 5.38 Å². The molecule has 6 heteroatoms. The van der Waals surface area contributed by atoms with Gasteiger partial charge in [-0.2, -0.15) is 0 Å². The van der Waals surface area contributed by atoms with Crippen molar-refractivity contribution in [2.24, 2.45) is 0 Å². The Labute approximate surface area is 123 Å². The lowest BCUT2D eigenvalue weighted by Gasteiger charge is -2.26. The first kappa shape index (κ1) is 16.6. The molecule has 112 valence electrons. The van der Waals surface area contributed by atoms with Crippen LogP contribution in [0.2, 0.25) is 0 Å². The van der Waals surface area contributed by atoms with Crippen LogP contribution in [0.25, 0.3) is 0 Å². The van der Waals surface area contributed by atoms with Gasteiger partial charge in [-0.1, -0.05) is 0 Å². The monoisotopic (exact) mass is 299 g/mol. The van der Waals surface area contributed by atoms with E-state index in [1.165, 1.54) is 11.3 Å². The Hall–Kier alpha value is -1.43. The zero-order valence-corrected chi connectivity index (χ0v) is 13.6. The van der Waals surface area contributed by atoms with Crippen LogP contribution >= 0.6 is 11.3 Å². The molecule has 0 aliphatic rings. The van der Waals surface area contributed by atoms with Crippen LogP contribution in [0.5, 0.6) is 0 Å². The molecule has 1 heterocycles. The van der Waals surface area contributed by atoms with E-state index in [4.69, 9.17) is 9.47 Å². The van der Waals surface area contributed by atoms with Crippen LogP contribution < -0.4 is 0 Å². The summed E-state index contributed by atoms with van der Waals surface area (Å²) in [4.78, 5) is 28.0. The van der Waals surface area contributed by atoms with Gasteiger partial charge in [0.2, 0.25) is 0 Å². The first-order valence-corrected chi connectivity index (χ1v) is 7.32. The summed E-state index contributed by atoms with van der Waals surface area (Å²) in [6, 6.07) is 0. The number of hydrogen-bond donors (Lipinski definition) is 0. The summed E-state index contributed by atoms with van der Waals surface area (Å²) in [6.07, 6.45) is 0. The molecule has 5 nitrogen and oxygen atoms in total. The lowest BCUT2D eigenvalue weighted by Crippen LogP contribution is -2.36. The summed E-state index contributed by atoms with van der Waals surface area (Å²) < 4.78 is 10.3. The van der Waals surface area contributed by atoms with Crippen molar-refractivity contribution in [3.8, 4) is 0 Å². The summed E-state index contributed by atoms with van der Waals surface area (Å²) in [5.41, 5.74) is -1.23. The zero-order valence-electron chi connectivity index (χ0n) is 12.8. The number of nitrogens with zero attached hydrogens (tertiary/aromatic N) is 1. The number of thiazole rings is 1. The Morgan fingerprint density at radius 3 is 2.35 bits per heavy atom. The predicted molar refractivity (Wildman–Crippen MR) is 76.9 cm³/mol. The maximum Gasteiger partial charge on any atom is 0.357 e. The van der Waals surface area contributed by atoms with Crippen LogP contribution in [-0.4, -0.2) is 29.1 Å². The van der Waals surface area contributed by atoms with Crippen molar-refractivity contribution in [3.05, 3.63) is 16.1 Å². The maximum atomic E-state index is 12.2. The Kier molecular flexibility index (Phi) is 4.91. The first-order chi connectivity index (χ1) is 9.08. The number of carbonyl (C=O) groups is 2. The van der Waals surface area contributed by atoms with Crippen LogP contribution in [0.1, 0.15) is 57.0 Å². The number of ether oxygens (including phenoxy) is 2. The van der Waals surface area contributed by atoms with E-state index in [0.717, 1.165) is 0 Å². The molecule has 0 aromatic carbocycles. The third-order valence-electron chi connectivity index (χ3n) is 2.43. The molecule has 0 saturated carbocycles. The first-order valence-electron chi connectivity index (χ1n) is 6.44. The molecule has 1 aromatic heterocycles. The fourth-order valence-corrected chi connectivity index (χ4v) is 2.25. The van der Waals surface area contributed by atoms with Crippen LogP contribution in [0.4, 0.5) is 0 Å². The highest BCUT2D eigenvalue weighted by molar-refractivity contribution is 7.10. The molecule has 0 bridgehead atoms. The topological polar surface area (TPSA) is 65.5 Å². The quantitative estimate of drug-likeness (QED) is 0.800. The molecular formula is C14H21NO4S. The van der Waals surface area contributed by atoms with Gasteiger partial charge in [0, 0.05) is 5.38 Å². The summed E-state index contributed by atoms with van der Waals surface area (Å²) in [6.45, 7) is 10.9. The molecule has 0 fully saturated rings. The number of aromatic nitrogens is 1. The highest BCUT2D eigenvalue weighted by Crippen LogP contribution is 2.29. The molecule has 0 aliphatic carbocycles. The number of esters is 2. The van der Waals surface area contributed by atoms with Crippen molar-refractivity contribution < 1.29 is 19.1 Å². The molecule has 0 spiro atoms. The minimum absolute atomic E-state index is 0.225. The Bertz CT molecular complexity index is 500. The normalized spacial score (nSPS) is 12.1. The van der Waals surface area contributed by atoms with E-state index in [0.29, 0.717) is 11.6 Å². The summed E-state index contributed by atoms with van der Waals surface area (Å²) in [5, 5.41) is 2.13. The van der Waals surface area contributed by atoms with Crippen LogP contribution in [-0.2, 0) is 19.7 Å². The van der Waals surface area contributed by atoms with Crippen molar-refractivity contribution in [3.63, 3.8) is 0 Å². The van der Waals surface area contributed by atoms with Gasteiger partial charge in [-0.05, 0) is 41.5 Å². The van der Waals surface area contributed by atoms with Crippen molar-refractivity contribution >= 4 is 23.3 Å². The van der Waals surface area contributed by atoms with Crippen molar-refractivity contribution in [2.75, 3.05) is 6.61 Å². The van der Waals surface area contributed by atoms with E-state index in [9.17, 15) is 9.59 Å². The van der Waals surface area contributed by atoms with Gasteiger partial charge in [0.15, 0.2) is 5.69 Å². The maximum absolute atomic E-state index is 12.2. The zero-order chi connectivity index (χ0) is 15.6. The number of hydrogen-bond acceptors (Lipinski definition) is 6. The third-order valence-corrected chi connectivity index (χ3v) is 3.60. The second kappa shape index (κ2) is 5.91. The molecule has 0 radical (unpaired) electrons. The van der Waals surface area contributed by atoms with Gasteiger partial charge in [0.25, 0.3) is 0 Å². The highest BCUT2D eigenvalue weighted by atomic mass is 32.1. The number of rotatable bonds is 4. The van der Waals surface area contributed by atoms with Gasteiger partial charge in [-0.3, -0.25) is 4.79 Å². The molecule has 0 aliphatic heterocycles. The molecule has 0 saturated heterocycles. The van der Waals surface area contributed by atoms with Gasteiger partial charge >= 0.3 is 11.9 Å². The summed E-state index contributed by atoms with van der Waals surface area (Å²) >= 11 is 1.25. The lowest BCUT2D eigenvalue weighted by molar-refractivity contribution is -0.160. The summed E-state index contributed by atoms with van der Waals surface area (Å²) in [7, 11) is 0. The van der Waals surface area contributed by atoms with Crippen LogP contribution in [0, 0.1) is 0 Å². The Balaban J connectivity index is 2.93. The second-order valence-electron chi connectivity index (χ2n) is 5.89. The Morgan fingerprint density at radius 2 is 1.85 bits per heavy atom. The number of carbonyl (C=O) groups excluding carboxylic acids is 2. The van der Waals surface area contributed by atoms with Crippen molar-refractivity contribution in [1.29, 1.82) is 0 Å². The van der Waals surface area contributed by atoms with Crippen molar-refractivity contribution in [1.82, 2.24) is 4.98 Å². The molecule has 1 rings (SSSR count). The van der Waals surface area contributed by atoms with E-state index >= 15 is 0 Å². The lowest BCUT2D eigenvalue weighted by atomic mass is 9.94. The second-order valence-corrected chi connectivity index (χ2v) is 6.74. The fourth-order valence-electron chi connectivity index (χ4n) is 1.35. The molecule has 0 unspecified atom stereocenters. The van der Waals surface area contributed by atoms with E-state index in [1.807, 2.05) is 20.8 Å². The standard InChI is InChI=1S/C14H21NO4S/c1-7-18-10(16)9-8-20-11(15-9)14(5,6)12(17)19-13(2,3)4/h8H,7H2,1-6H3. The Morgan fingerprint density at radius 1 is 1.25 bits per heavy atom. The minimum atomic E-state index is -0.900. The SMILES string of the molecule is CCOC(=O)c1csc(C(C)(C)C(=O)OC(C)(C)C)n1. The van der Waals surface area contributed by atoms with E-state index < -0.39 is 17.0 Å². The van der Waals surface area contributed by atoms with Gasteiger partial charge in [-0.15, -0.1) is 11.3 Å². The van der Waals surface area contributed by atoms with E-state index in [1.54, 1.807) is 26.2 Å². The van der Waals surface area contributed by atoms with Crippen LogP contribution in [0.3, 0.4) is 0 Å². The minimum Gasteiger partial charge on any atom is -0.461 e.